The van der Waals surface area contributed by atoms with Crippen LogP contribution in [0, 0.1) is 6.92 Å². The van der Waals surface area contributed by atoms with E-state index < -0.39 is 30.2 Å². The lowest BCUT2D eigenvalue weighted by Crippen LogP contribution is -2.32. The molecule has 1 amide bonds. The van der Waals surface area contributed by atoms with Gasteiger partial charge in [0.25, 0.3) is 5.91 Å². The molecule has 0 aliphatic carbocycles. The average molecular weight is 544 g/mol. The Morgan fingerprint density at radius 1 is 0.700 bits per heavy atom. The number of hydrogen-bond donors (Lipinski definition) is 1. The van der Waals surface area contributed by atoms with Crippen molar-refractivity contribution in [1.29, 1.82) is 0 Å². The highest BCUT2D eigenvalue weighted by Gasteiger charge is 2.22. The number of esters is 2. The normalized spacial score (nSPS) is 11.5. The monoisotopic (exact) mass is 543 g/mol. The molecule has 1 N–H and O–H groups in total. The summed E-state index contributed by atoms with van der Waals surface area (Å²) in [4.78, 5) is 49.9. The predicted octanol–water partition coefficient (Wildman–Crippen LogP) is 5.97. The van der Waals surface area contributed by atoms with Crippen LogP contribution in [-0.4, -0.2) is 36.8 Å². The summed E-state index contributed by atoms with van der Waals surface area (Å²) in [5.74, 6) is -1.77. The van der Waals surface area contributed by atoms with Crippen molar-refractivity contribution in [3.05, 3.63) is 100 Å². The van der Waals surface area contributed by atoms with Crippen LogP contribution in [0.2, 0.25) is 0 Å². The molecule has 7 nitrogen and oxygen atoms in total. The minimum absolute atomic E-state index is 0.156. The Balaban J connectivity index is 1.52. The molecule has 0 unspecified atom stereocenters. The largest absolute Gasteiger partial charge is 0.456 e. The molecule has 0 fully saturated rings. The van der Waals surface area contributed by atoms with Crippen molar-refractivity contribution < 1.29 is 28.7 Å². The summed E-state index contributed by atoms with van der Waals surface area (Å²) < 4.78 is 10.4. The van der Waals surface area contributed by atoms with Crippen LogP contribution in [0.5, 0.6) is 5.75 Å². The smallest absolute Gasteiger partial charge is 0.343 e. The van der Waals surface area contributed by atoms with Gasteiger partial charge < -0.3 is 14.8 Å². The first-order chi connectivity index (χ1) is 18.6. The van der Waals surface area contributed by atoms with Crippen LogP contribution >= 0.6 is 0 Å². The minimum atomic E-state index is -0.728. The fourth-order valence-corrected chi connectivity index (χ4v) is 3.72. The summed E-state index contributed by atoms with van der Waals surface area (Å²) in [6.45, 7) is 13.6. The molecule has 0 heterocycles. The van der Waals surface area contributed by atoms with Gasteiger partial charge in [0.1, 0.15) is 12.3 Å². The van der Waals surface area contributed by atoms with E-state index in [-0.39, 0.29) is 23.1 Å². The van der Waals surface area contributed by atoms with E-state index in [2.05, 4.69) is 52.9 Å². The van der Waals surface area contributed by atoms with Crippen LogP contribution in [0.1, 0.15) is 89.3 Å². The van der Waals surface area contributed by atoms with Gasteiger partial charge in [0.15, 0.2) is 12.4 Å². The molecule has 0 saturated carbocycles. The zero-order valence-corrected chi connectivity index (χ0v) is 24.2. The molecule has 0 atom stereocenters. The number of aryl methyl sites for hydroxylation is 1. The van der Waals surface area contributed by atoms with Gasteiger partial charge >= 0.3 is 11.9 Å². The number of Topliss-reactive ketones (excluding diaryl/α,β-unsaturated/α-hetero) is 1. The number of benzene rings is 3. The molecule has 7 heteroatoms. The van der Waals surface area contributed by atoms with Gasteiger partial charge in [-0.3, -0.25) is 14.4 Å². The van der Waals surface area contributed by atoms with E-state index in [1.165, 1.54) is 24.3 Å². The van der Waals surface area contributed by atoms with Crippen LogP contribution in [-0.2, 0) is 20.4 Å². The molecule has 3 aromatic rings. The summed E-state index contributed by atoms with van der Waals surface area (Å²) in [6.07, 6.45) is 0. The Kier molecular flexibility index (Phi) is 9.30. The molecule has 0 bridgehead atoms. The SMILES string of the molecule is Cc1ccc(C(=O)Oc2ccc(C(=O)COC(=O)CNC(=O)c3cc(C(C)(C)C)cc(C(C)(C)C)c3)cc2)cc1. The van der Waals surface area contributed by atoms with E-state index >= 15 is 0 Å². The third-order valence-corrected chi connectivity index (χ3v) is 6.36. The average Bonchev–Trinajstić information content (AvgIpc) is 2.89. The first-order valence-electron chi connectivity index (χ1n) is 13.2. The van der Waals surface area contributed by atoms with E-state index in [1.54, 1.807) is 12.1 Å². The maximum atomic E-state index is 12.9. The third kappa shape index (κ3) is 8.37. The van der Waals surface area contributed by atoms with Gasteiger partial charge in [-0.2, -0.15) is 0 Å². The quantitative estimate of drug-likeness (QED) is 0.214. The lowest BCUT2D eigenvalue weighted by molar-refractivity contribution is -0.141. The number of carbonyl (C=O) groups is 4. The highest BCUT2D eigenvalue weighted by atomic mass is 16.5. The number of nitrogens with one attached hydrogen (secondary N) is 1. The van der Waals surface area contributed by atoms with E-state index in [0.29, 0.717) is 16.7 Å². The zero-order valence-electron chi connectivity index (χ0n) is 24.2. The first-order valence-corrected chi connectivity index (χ1v) is 13.2. The van der Waals surface area contributed by atoms with Gasteiger partial charge in [-0.05, 0) is 77.4 Å². The predicted molar refractivity (Wildman–Crippen MR) is 154 cm³/mol. The van der Waals surface area contributed by atoms with Gasteiger partial charge in [0, 0.05) is 11.1 Å². The van der Waals surface area contributed by atoms with Gasteiger partial charge in [-0.15, -0.1) is 0 Å². The van der Waals surface area contributed by atoms with Crippen LogP contribution in [0.15, 0.2) is 66.7 Å². The van der Waals surface area contributed by atoms with Crippen molar-refractivity contribution in [2.75, 3.05) is 13.2 Å². The van der Waals surface area contributed by atoms with Gasteiger partial charge in [0.05, 0.1) is 5.56 Å². The van der Waals surface area contributed by atoms with Crippen molar-refractivity contribution in [2.45, 2.75) is 59.3 Å². The third-order valence-electron chi connectivity index (χ3n) is 6.36. The van der Waals surface area contributed by atoms with Crippen molar-refractivity contribution in [3.63, 3.8) is 0 Å². The molecular formula is C33H37NO6. The number of carbonyl (C=O) groups excluding carboxylic acids is 4. The van der Waals surface area contributed by atoms with Crippen molar-refractivity contribution in [2.24, 2.45) is 0 Å². The highest BCUT2D eigenvalue weighted by molar-refractivity contribution is 5.99. The summed E-state index contributed by atoms with van der Waals surface area (Å²) in [7, 11) is 0. The molecule has 0 aliphatic heterocycles. The van der Waals surface area contributed by atoms with E-state index in [9.17, 15) is 19.2 Å². The van der Waals surface area contributed by atoms with Crippen molar-refractivity contribution >= 4 is 23.6 Å². The highest BCUT2D eigenvalue weighted by Crippen LogP contribution is 2.30. The summed E-state index contributed by atoms with van der Waals surface area (Å²) in [5, 5.41) is 2.59. The van der Waals surface area contributed by atoms with Crippen molar-refractivity contribution in [1.82, 2.24) is 5.32 Å². The lowest BCUT2D eigenvalue weighted by atomic mass is 9.79. The zero-order chi connectivity index (χ0) is 29.7. The molecule has 3 aromatic carbocycles. The molecule has 0 radical (unpaired) electrons. The summed E-state index contributed by atoms with van der Waals surface area (Å²) >= 11 is 0. The second-order valence-electron chi connectivity index (χ2n) is 11.8. The summed E-state index contributed by atoms with van der Waals surface area (Å²) in [5.41, 5.74) is 3.94. The first kappa shape index (κ1) is 30.3. The molecule has 0 saturated heterocycles. The second-order valence-corrected chi connectivity index (χ2v) is 11.8. The molecule has 0 aromatic heterocycles. The molecule has 210 valence electrons. The standard InChI is InChI=1S/C33H37NO6/c1-21-8-10-23(11-9-21)31(38)40-27-14-12-22(13-15-27)28(35)20-39-29(36)19-34-30(37)24-16-25(32(2,3)4)18-26(17-24)33(5,6)7/h8-18H,19-20H2,1-7H3,(H,34,37). The number of rotatable bonds is 8. The molecule has 40 heavy (non-hydrogen) atoms. The molecule has 3 rings (SSSR count). The second kappa shape index (κ2) is 12.3. The van der Waals surface area contributed by atoms with Gasteiger partial charge in [0.2, 0.25) is 0 Å². The fraction of sp³-hybridized carbons (Fsp3) is 0.333. The number of hydrogen-bond acceptors (Lipinski definition) is 6. The maximum Gasteiger partial charge on any atom is 0.343 e. The number of amides is 1. The summed E-state index contributed by atoms with van der Waals surface area (Å²) in [6, 6.07) is 18.8. The number of ketones is 1. The maximum absolute atomic E-state index is 12.9. The molecule has 0 spiro atoms. The van der Waals surface area contributed by atoms with E-state index in [0.717, 1.165) is 16.7 Å². The topological polar surface area (TPSA) is 98.8 Å². The van der Waals surface area contributed by atoms with Gasteiger partial charge in [-0.1, -0.05) is 65.3 Å². The number of ether oxygens (including phenoxy) is 2. The molecule has 0 aliphatic rings. The molecular weight excluding hydrogens is 506 g/mol. The Morgan fingerprint density at radius 3 is 1.75 bits per heavy atom. The van der Waals surface area contributed by atoms with Crippen LogP contribution in [0.25, 0.3) is 0 Å². The lowest BCUT2D eigenvalue weighted by Gasteiger charge is -2.26. The van der Waals surface area contributed by atoms with Crippen molar-refractivity contribution in [3.8, 4) is 5.75 Å². The Morgan fingerprint density at radius 2 is 1.23 bits per heavy atom. The van der Waals surface area contributed by atoms with Crippen LogP contribution in [0.3, 0.4) is 0 Å². The van der Waals surface area contributed by atoms with E-state index in [1.807, 2.05) is 31.2 Å². The Hall–Kier alpha value is -4.26. The Bertz CT molecular complexity index is 1360. The fourth-order valence-electron chi connectivity index (χ4n) is 3.72. The minimum Gasteiger partial charge on any atom is -0.456 e. The van der Waals surface area contributed by atoms with Gasteiger partial charge in [-0.25, -0.2) is 4.79 Å². The van der Waals surface area contributed by atoms with Crippen LogP contribution in [0.4, 0.5) is 0 Å². The van der Waals surface area contributed by atoms with Crippen LogP contribution < -0.4 is 10.1 Å². The van der Waals surface area contributed by atoms with E-state index in [4.69, 9.17) is 9.47 Å². The Labute approximate surface area is 235 Å².